The molecular weight excluding hydrogens is 368 g/mol. The number of benzene rings is 1. The van der Waals surface area contributed by atoms with Crippen molar-refractivity contribution in [3.05, 3.63) is 35.4 Å². The summed E-state index contributed by atoms with van der Waals surface area (Å²) >= 11 is 0. The summed E-state index contributed by atoms with van der Waals surface area (Å²) in [6.45, 7) is 5.61. The molecule has 2 aliphatic heterocycles. The number of ether oxygens (including phenoxy) is 1. The topological polar surface area (TPSA) is 53.1 Å². The standard InChI is InChI=1S/C20H27F2N3O3/c1-2-28-20(27)24-11-9-23(10-12-24)17-5-6-19(26)25(8-7-17)14-15-3-4-16(21)13-18(15)22/h3-4,13,17H,2,5-12,14H2,1H3. The van der Waals surface area contributed by atoms with Gasteiger partial charge in [-0.05, 0) is 25.8 Å². The van der Waals surface area contributed by atoms with Crippen molar-refractivity contribution in [2.45, 2.75) is 38.8 Å². The monoisotopic (exact) mass is 395 g/mol. The van der Waals surface area contributed by atoms with Crippen LogP contribution in [0.3, 0.4) is 0 Å². The van der Waals surface area contributed by atoms with Crippen LogP contribution in [0.4, 0.5) is 13.6 Å². The highest BCUT2D eigenvalue weighted by Crippen LogP contribution is 2.22. The molecule has 0 radical (unpaired) electrons. The van der Waals surface area contributed by atoms with Gasteiger partial charge in [0.2, 0.25) is 5.91 Å². The fourth-order valence-corrected chi connectivity index (χ4v) is 3.89. The predicted octanol–water partition coefficient (Wildman–Crippen LogP) is 2.62. The van der Waals surface area contributed by atoms with Crippen LogP contribution in [0.1, 0.15) is 31.7 Å². The number of hydrogen-bond donors (Lipinski definition) is 0. The molecule has 3 rings (SSSR count). The van der Waals surface area contributed by atoms with Crippen LogP contribution in [0.15, 0.2) is 18.2 Å². The first-order chi connectivity index (χ1) is 13.5. The summed E-state index contributed by atoms with van der Waals surface area (Å²) in [5.41, 5.74) is 0.330. The van der Waals surface area contributed by atoms with E-state index < -0.39 is 11.6 Å². The lowest BCUT2D eigenvalue weighted by molar-refractivity contribution is -0.131. The molecule has 2 saturated heterocycles. The SMILES string of the molecule is CCOC(=O)N1CCN(C2CCC(=O)N(Cc3ccc(F)cc3F)CC2)CC1. The normalized spacial score (nSPS) is 21.5. The average molecular weight is 395 g/mol. The predicted molar refractivity (Wildman–Crippen MR) is 99.6 cm³/mol. The van der Waals surface area contributed by atoms with E-state index in [0.29, 0.717) is 38.2 Å². The maximum Gasteiger partial charge on any atom is 0.409 e. The molecule has 0 aromatic heterocycles. The van der Waals surface area contributed by atoms with E-state index in [9.17, 15) is 18.4 Å². The van der Waals surface area contributed by atoms with Crippen molar-refractivity contribution in [3.63, 3.8) is 0 Å². The van der Waals surface area contributed by atoms with E-state index in [-0.39, 0.29) is 24.6 Å². The number of amides is 2. The van der Waals surface area contributed by atoms with Crippen molar-refractivity contribution in [3.8, 4) is 0 Å². The Morgan fingerprint density at radius 1 is 1.14 bits per heavy atom. The van der Waals surface area contributed by atoms with Crippen molar-refractivity contribution in [2.24, 2.45) is 0 Å². The first-order valence-electron chi connectivity index (χ1n) is 9.85. The lowest BCUT2D eigenvalue weighted by Crippen LogP contribution is -2.52. The summed E-state index contributed by atoms with van der Waals surface area (Å²) in [6.07, 6.45) is 1.69. The maximum atomic E-state index is 13.9. The Hall–Kier alpha value is -2.22. The van der Waals surface area contributed by atoms with Crippen LogP contribution < -0.4 is 0 Å². The molecule has 2 fully saturated rings. The fourth-order valence-electron chi connectivity index (χ4n) is 3.89. The van der Waals surface area contributed by atoms with Gasteiger partial charge in [-0.3, -0.25) is 9.69 Å². The zero-order valence-electron chi connectivity index (χ0n) is 16.2. The Morgan fingerprint density at radius 2 is 1.89 bits per heavy atom. The molecule has 1 aromatic carbocycles. The van der Waals surface area contributed by atoms with Crippen molar-refractivity contribution >= 4 is 12.0 Å². The minimum absolute atomic E-state index is 0.00335. The van der Waals surface area contributed by atoms with Crippen LogP contribution in [0.5, 0.6) is 0 Å². The Bertz CT molecular complexity index is 708. The molecular formula is C20H27F2N3O3. The second-order valence-electron chi connectivity index (χ2n) is 7.25. The Balaban J connectivity index is 1.54. The largest absolute Gasteiger partial charge is 0.450 e. The quantitative estimate of drug-likeness (QED) is 0.787. The number of nitrogens with zero attached hydrogens (tertiary/aromatic N) is 3. The zero-order chi connectivity index (χ0) is 20.1. The molecule has 1 aromatic rings. The summed E-state index contributed by atoms with van der Waals surface area (Å²) in [7, 11) is 0. The second-order valence-corrected chi connectivity index (χ2v) is 7.25. The molecule has 0 aliphatic carbocycles. The molecule has 0 bridgehead atoms. The van der Waals surface area contributed by atoms with Crippen LogP contribution in [-0.4, -0.2) is 72.1 Å². The number of likely N-dealkylation sites (tertiary alicyclic amines) is 1. The van der Waals surface area contributed by atoms with Crippen LogP contribution in [0.2, 0.25) is 0 Å². The number of halogens is 2. The minimum Gasteiger partial charge on any atom is -0.450 e. The van der Waals surface area contributed by atoms with E-state index in [1.807, 2.05) is 0 Å². The van der Waals surface area contributed by atoms with Gasteiger partial charge < -0.3 is 14.5 Å². The van der Waals surface area contributed by atoms with Crippen molar-refractivity contribution in [1.29, 1.82) is 0 Å². The molecule has 1 unspecified atom stereocenters. The van der Waals surface area contributed by atoms with E-state index in [4.69, 9.17) is 4.74 Å². The molecule has 154 valence electrons. The minimum atomic E-state index is -0.622. The second kappa shape index (κ2) is 9.32. The van der Waals surface area contributed by atoms with Gasteiger partial charge in [0.25, 0.3) is 0 Å². The number of hydrogen-bond acceptors (Lipinski definition) is 4. The molecule has 0 N–H and O–H groups in total. The Labute approximate surface area is 164 Å². The lowest BCUT2D eigenvalue weighted by atomic mass is 10.1. The van der Waals surface area contributed by atoms with E-state index >= 15 is 0 Å². The molecule has 2 amide bonds. The van der Waals surface area contributed by atoms with E-state index in [0.717, 1.165) is 32.0 Å². The zero-order valence-corrected chi connectivity index (χ0v) is 16.2. The summed E-state index contributed by atoms with van der Waals surface area (Å²) in [5, 5.41) is 0. The number of carbonyl (C=O) groups excluding carboxylic acids is 2. The molecule has 28 heavy (non-hydrogen) atoms. The summed E-state index contributed by atoms with van der Waals surface area (Å²) in [4.78, 5) is 30.0. The third-order valence-electron chi connectivity index (χ3n) is 5.51. The van der Waals surface area contributed by atoms with E-state index in [1.165, 1.54) is 12.1 Å². The summed E-state index contributed by atoms with van der Waals surface area (Å²) < 4.78 is 32.1. The van der Waals surface area contributed by atoms with Crippen molar-refractivity contribution in [2.75, 3.05) is 39.3 Å². The Kier molecular flexibility index (Phi) is 6.83. The van der Waals surface area contributed by atoms with Gasteiger partial charge in [-0.2, -0.15) is 0 Å². The third-order valence-corrected chi connectivity index (χ3v) is 5.51. The summed E-state index contributed by atoms with van der Waals surface area (Å²) in [6, 6.07) is 3.72. The van der Waals surface area contributed by atoms with Gasteiger partial charge in [0, 0.05) is 63.4 Å². The van der Waals surface area contributed by atoms with Gasteiger partial charge >= 0.3 is 6.09 Å². The van der Waals surface area contributed by atoms with Crippen molar-refractivity contribution in [1.82, 2.24) is 14.7 Å². The fraction of sp³-hybridized carbons (Fsp3) is 0.600. The molecule has 6 nitrogen and oxygen atoms in total. The van der Waals surface area contributed by atoms with E-state index in [2.05, 4.69) is 4.90 Å². The first-order valence-corrected chi connectivity index (χ1v) is 9.85. The highest BCUT2D eigenvalue weighted by molar-refractivity contribution is 5.76. The van der Waals surface area contributed by atoms with Crippen LogP contribution in [-0.2, 0) is 16.1 Å². The molecule has 1 atom stereocenters. The maximum absolute atomic E-state index is 13.9. The highest BCUT2D eigenvalue weighted by atomic mass is 19.1. The highest BCUT2D eigenvalue weighted by Gasteiger charge is 2.30. The smallest absolute Gasteiger partial charge is 0.409 e. The summed E-state index contributed by atoms with van der Waals surface area (Å²) in [5.74, 6) is -1.24. The lowest BCUT2D eigenvalue weighted by Gasteiger charge is -2.38. The molecule has 8 heteroatoms. The van der Waals surface area contributed by atoms with Gasteiger partial charge in [0.15, 0.2) is 0 Å². The number of piperazine rings is 1. The number of carbonyl (C=O) groups is 2. The van der Waals surface area contributed by atoms with Crippen molar-refractivity contribution < 1.29 is 23.1 Å². The number of rotatable bonds is 4. The Morgan fingerprint density at radius 3 is 2.57 bits per heavy atom. The van der Waals surface area contributed by atoms with Gasteiger partial charge in [-0.25, -0.2) is 13.6 Å². The van der Waals surface area contributed by atoms with Crippen LogP contribution in [0, 0.1) is 11.6 Å². The molecule has 0 spiro atoms. The third kappa shape index (κ3) is 4.98. The first kappa shape index (κ1) is 20.5. The van der Waals surface area contributed by atoms with Gasteiger partial charge in [0.1, 0.15) is 11.6 Å². The van der Waals surface area contributed by atoms with Gasteiger partial charge in [0.05, 0.1) is 6.61 Å². The van der Waals surface area contributed by atoms with Crippen LogP contribution in [0.25, 0.3) is 0 Å². The molecule has 0 saturated carbocycles. The van der Waals surface area contributed by atoms with E-state index in [1.54, 1.807) is 16.7 Å². The van der Waals surface area contributed by atoms with Gasteiger partial charge in [-0.15, -0.1) is 0 Å². The molecule has 2 heterocycles. The average Bonchev–Trinajstić information content (AvgIpc) is 2.86. The van der Waals surface area contributed by atoms with Gasteiger partial charge in [-0.1, -0.05) is 6.07 Å². The van der Waals surface area contributed by atoms with Crippen LogP contribution >= 0.6 is 0 Å². The molecule has 2 aliphatic rings.